The highest BCUT2D eigenvalue weighted by molar-refractivity contribution is 5.83. The second kappa shape index (κ2) is 6.02. The van der Waals surface area contributed by atoms with Gasteiger partial charge in [-0.25, -0.2) is 0 Å². The van der Waals surface area contributed by atoms with Crippen LogP contribution in [0.1, 0.15) is 11.1 Å². The fourth-order valence-electron chi connectivity index (χ4n) is 1.98. The van der Waals surface area contributed by atoms with Gasteiger partial charge in [0.15, 0.2) is 5.84 Å². The van der Waals surface area contributed by atoms with Crippen molar-refractivity contribution in [2.45, 2.75) is 20.0 Å². The normalized spacial score (nSPS) is 14.2. The highest BCUT2D eigenvalue weighted by Gasteiger charge is 2.43. The van der Waals surface area contributed by atoms with E-state index in [4.69, 9.17) is 10.9 Å². The van der Waals surface area contributed by atoms with Crippen LogP contribution in [0.15, 0.2) is 23.4 Å². The zero-order valence-electron chi connectivity index (χ0n) is 11.6. The topological polar surface area (TPSA) is 61.8 Å². The molecule has 0 aliphatic heterocycles. The summed E-state index contributed by atoms with van der Waals surface area (Å²) in [6.07, 6.45) is -4.57. The van der Waals surface area contributed by atoms with E-state index in [2.05, 4.69) is 5.16 Å². The van der Waals surface area contributed by atoms with Gasteiger partial charge in [0.2, 0.25) is 0 Å². The minimum absolute atomic E-state index is 0.414. The molecule has 0 aliphatic carbocycles. The Bertz CT molecular complexity index is 480. The molecule has 1 aromatic carbocycles. The first kappa shape index (κ1) is 16.1. The standard InChI is InChI=1S/C13H18F3N3O/c1-8-4-9(2)6-10(5-8)19(3)7-11(12(17)18-20)13(14,15)16/h4-6,11,20H,7H2,1-3H3,(H2,17,18). The lowest BCUT2D eigenvalue weighted by Gasteiger charge is -2.27. The van der Waals surface area contributed by atoms with Crippen LogP contribution in [-0.2, 0) is 0 Å². The average Bonchev–Trinajstić information content (AvgIpc) is 2.32. The summed E-state index contributed by atoms with van der Waals surface area (Å²) in [7, 11) is 1.54. The molecule has 0 aliphatic rings. The molecule has 0 saturated carbocycles. The number of hydrogen-bond acceptors (Lipinski definition) is 3. The zero-order valence-corrected chi connectivity index (χ0v) is 11.6. The highest BCUT2D eigenvalue weighted by atomic mass is 19.4. The van der Waals surface area contributed by atoms with Crippen molar-refractivity contribution in [1.29, 1.82) is 0 Å². The van der Waals surface area contributed by atoms with Gasteiger partial charge >= 0.3 is 6.18 Å². The Morgan fingerprint density at radius 1 is 1.30 bits per heavy atom. The molecule has 0 fully saturated rings. The third-order valence-corrected chi connectivity index (χ3v) is 2.97. The number of benzene rings is 1. The molecule has 0 saturated heterocycles. The quantitative estimate of drug-likeness (QED) is 0.388. The number of nitrogens with two attached hydrogens (primary N) is 1. The molecule has 3 N–H and O–H groups in total. The minimum atomic E-state index is -4.57. The monoisotopic (exact) mass is 289 g/mol. The van der Waals surface area contributed by atoms with E-state index >= 15 is 0 Å². The van der Waals surface area contributed by atoms with Gasteiger partial charge in [-0.1, -0.05) is 11.2 Å². The van der Waals surface area contributed by atoms with Gasteiger partial charge in [0, 0.05) is 19.3 Å². The van der Waals surface area contributed by atoms with E-state index in [-0.39, 0.29) is 0 Å². The Balaban J connectivity index is 2.99. The van der Waals surface area contributed by atoms with Gasteiger partial charge in [0.05, 0.1) is 0 Å². The van der Waals surface area contributed by atoms with Crippen molar-refractivity contribution >= 4 is 11.5 Å². The first-order chi connectivity index (χ1) is 9.15. The molecule has 112 valence electrons. The summed E-state index contributed by atoms with van der Waals surface area (Å²) >= 11 is 0. The number of halogens is 3. The average molecular weight is 289 g/mol. The number of hydrogen-bond donors (Lipinski definition) is 2. The van der Waals surface area contributed by atoms with Crippen LogP contribution in [0.4, 0.5) is 18.9 Å². The smallest absolute Gasteiger partial charge is 0.400 e. The Labute approximate surface area is 115 Å². The molecule has 1 rings (SSSR count). The van der Waals surface area contributed by atoms with Crippen molar-refractivity contribution in [1.82, 2.24) is 0 Å². The summed E-state index contributed by atoms with van der Waals surface area (Å²) in [5, 5.41) is 11.0. The second-order valence-electron chi connectivity index (χ2n) is 4.85. The molecule has 1 aromatic rings. The number of nitrogens with zero attached hydrogens (tertiary/aromatic N) is 2. The summed E-state index contributed by atoms with van der Waals surface area (Å²) in [5.74, 6) is -2.85. The number of aryl methyl sites for hydroxylation is 2. The van der Waals surface area contributed by atoms with E-state index in [1.54, 1.807) is 12.1 Å². The Morgan fingerprint density at radius 2 is 1.80 bits per heavy atom. The number of oxime groups is 1. The largest absolute Gasteiger partial charge is 0.409 e. The van der Waals surface area contributed by atoms with Crippen LogP contribution in [0.3, 0.4) is 0 Å². The van der Waals surface area contributed by atoms with Crippen molar-refractivity contribution in [2.75, 3.05) is 18.5 Å². The van der Waals surface area contributed by atoms with E-state index < -0.39 is 24.5 Å². The van der Waals surface area contributed by atoms with Gasteiger partial charge < -0.3 is 15.8 Å². The van der Waals surface area contributed by atoms with Crippen LogP contribution in [0.25, 0.3) is 0 Å². The first-order valence-corrected chi connectivity index (χ1v) is 5.98. The predicted molar refractivity (Wildman–Crippen MR) is 72.1 cm³/mol. The molecule has 0 aromatic heterocycles. The van der Waals surface area contributed by atoms with E-state index in [0.717, 1.165) is 11.1 Å². The molecule has 4 nitrogen and oxygen atoms in total. The van der Waals surface area contributed by atoms with Crippen LogP contribution in [0, 0.1) is 19.8 Å². The Kier molecular flexibility index (Phi) is 4.86. The van der Waals surface area contributed by atoms with Gasteiger partial charge in [0.1, 0.15) is 5.92 Å². The SMILES string of the molecule is Cc1cc(C)cc(N(C)CC(/C(N)=N/O)C(F)(F)F)c1. The maximum Gasteiger partial charge on any atom is 0.400 e. The van der Waals surface area contributed by atoms with Crippen molar-refractivity contribution in [3.8, 4) is 0 Å². The second-order valence-corrected chi connectivity index (χ2v) is 4.85. The van der Waals surface area contributed by atoms with Gasteiger partial charge in [-0.2, -0.15) is 13.2 Å². The van der Waals surface area contributed by atoms with E-state index in [1.165, 1.54) is 11.9 Å². The molecule has 1 unspecified atom stereocenters. The lowest BCUT2D eigenvalue weighted by molar-refractivity contribution is -0.153. The van der Waals surface area contributed by atoms with Crippen LogP contribution in [0.5, 0.6) is 0 Å². The van der Waals surface area contributed by atoms with Gasteiger partial charge in [-0.3, -0.25) is 0 Å². The number of rotatable bonds is 4. The summed E-state index contributed by atoms with van der Waals surface area (Å²) in [5.41, 5.74) is 7.71. The molecular formula is C13H18F3N3O. The van der Waals surface area contributed by atoms with Crippen molar-refractivity contribution < 1.29 is 18.4 Å². The number of alkyl halides is 3. The van der Waals surface area contributed by atoms with Crippen molar-refractivity contribution in [3.63, 3.8) is 0 Å². The van der Waals surface area contributed by atoms with E-state index in [0.29, 0.717) is 5.69 Å². The molecule has 0 amide bonds. The Morgan fingerprint density at radius 3 is 2.20 bits per heavy atom. The molecule has 1 atom stereocenters. The summed E-state index contributed by atoms with van der Waals surface area (Å²) in [4.78, 5) is 1.44. The van der Waals surface area contributed by atoms with Crippen LogP contribution < -0.4 is 10.6 Å². The molecular weight excluding hydrogens is 271 g/mol. The molecule has 0 heterocycles. The van der Waals surface area contributed by atoms with Gasteiger partial charge in [-0.05, 0) is 37.1 Å². The fourth-order valence-corrected chi connectivity index (χ4v) is 1.98. The fraction of sp³-hybridized carbons (Fsp3) is 0.462. The third kappa shape index (κ3) is 4.04. The van der Waals surface area contributed by atoms with Crippen LogP contribution in [0.2, 0.25) is 0 Å². The van der Waals surface area contributed by atoms with E-state index in [9.17, 15) is 13.2 Å². The molecule has 0 bridgehead atoms. The van der Waals surface area contributed by atoms with Crippen molar-refractivity contribution in [2.24, 2.45) is 16.8 Å². The number of amidine groups is 1. The predicted octanol–water partition coefficient (Wildman–Crippen LogP) is 2.66. The maximum absolute atomic E-state index is 12.9. The van der Waals surface area contributed by atoms with Crippen LogP contribution >= 0.6 is 0 Å². The molecule has 0 spiro atoms. The molecule has 20 heavy (non-hydrogen) atoms. The third-order valence-electron chi connectivity index (χ3n) is 2.97. The van der Waals surface area contributed by atoms with Gasteiger partial charge in [0.25, 0.3) is 0 Å². The zero-order chi connectivity index (χ0) is 15.5. The molecule has 0 radical (unpaired) electrons. The van der Waals surface area contributed by atoms with Crippen molar-refractivity contribution in [3.05, 3.63) is 29.3 Å². The minimum Gasteiger partial charge on any atom is -0.409 e. The van der Waals surface area contributed by atoms with Gasteiger partial charge in [-0.15, -0.1) is 0 Å². The summed E-state index contributed by atoms with van der Waals surface area (Å²) in [6.45, 7) is 3.33. The lowest BCUT2D eigenvalue weighted by Crippen LogP contribution is -2.43. The number of anilines is 1. The highest BCUT2D eigenvalue weighted by Crippen LogP contribution is 2.28. The molecule has 7 heteroatoms. The Hall–Kier alpha value is -1.92. The summed E-state index contributed by atoms with van der Waals surface area (Å²) < 4.78 is 38.7. The van der Waals surface area contributed by atoms with Crippen LogP contribution in [-0.4, -0.2) is 30.8 Å². The summed E-state index contributed by atoms with van der Waals surface area (Å²) in [6, 6.07) is 5.50. The van der Waals surface area contributed by atoms with E-state index in [1.807, 2.05) is 19.9 Å². The lowest BCUT2D eigenvalue weighted by atomic mass is 10.1. The first-order valence-electron chi connectivity index (χ1n) is 5.98. The maximum atomic E-state index is 12.9.